The zero-order chi connectivity index (χ0) is 13.8. The van der Waals surface area contributed by atoms with Crippen LogP contribution >= 0.6 is 27.5 Å². The average Bonchev–Trinajstić information content (AvgIpc) is 2.40. The molecule has 0 fully saturated rings. The Labute approximate surface area is 125 Å². The SMILES string of the molecule is C[C@H](NCc1cccc(F)c1Cl)c1ccccc1Br. The van der Waals surface area contributed by atoms with E-state index in [2.05, 4.69) is 34.2 Å². The van der Waals surface area contributed by atoms with Crippen molar-refractivity contribution in [1.29, 1.82) is 0 Å². The van der Waals surface area contributed by atoms with E-state index in [0.29, 0.717) is 6.54 Å². The maximum absolute atomic E-state index is 13.3. The Bertz CT molecular complexity index is 574. The van der Waals surface area contributed by atoms with Gasteiger partial charge in [0.05, 0.1) is 5.02 Å². The fourth-order valence-electron chi connectivity index (χ4n) is 1.88. The molecule has 2 rings (SSSR count). The fraction of sp³-hybridized carbons (Fsp3) is 0.200. The van der Waals surface area contributed by atoms with Crippen molar-refractivity contribution in [3.05, 3.63) is 68.9 Å². The Kier molecular flexibility index (Phi) is 4.97. The highest BCUT2D eigenvalue weighted by atomic mass is 79.9. The minimum absolute atomic E-state index is 0.148. The Morgan fingerprint density at radius 1 is 1.21 bits per heavy atom. The van der Waals surface area contributed by atoms with Crippen molar-refractivity contribution in [1.82, 2.24) is 5.32 Å². The van der Waals surface area contributed by atoms with E-state index in [9.17, 15) is 4.39 Å². The van der Waals surface area contributed by atoms with Crippen molar-refractivity contribution in [2.75, 3.05) is 0 Å². The van der Waals surface area contributed by atoms with Crippen LogP contribution in [0.15, 0.2) is 46.9 Å². The first kappa shape index (κ1) is 14.5. The van der Waals surface area contributed by atoms with Gasteiger partial charge in [0.25, 0.3) is 0 Å². The third kappa shape index (κ3) is 3.56. The topological polar surface area (TPSA) is 12.0 Å². The van der Waals surface area contributed by atoms with Gasteiger partial charge in [-0.25, -0.2) is 4.39 Å². The summed E-state index contributed by atoms with van der Waals surface area (Å²) in [5.74, 6) is -0.380. The summed E-state index contributed by atoms with van der Waals surface area (Å²) < 4.78 is 14.4. The second-order valence-corrected chi connectivity index (χ2v) is 5.57. The lowest BCUT2D eigenvalue weighted by molar-refractivity contribution is 0.568. The number of rotatable bonds is 4. The number of hydrogen-bond donors (Lipinski definition) is 1. The molecule has 0 spiro atoms. The quantitative estimate of drug-likeness (QED) is 0.816. The molecule has 4 heteroatoms. The summed E-state index contributed by atoms with van der Waals surface area (Å²) >= 11 is 9.45. The first-order chi connectivity index (χ1) is 9.09. The van der Waals surface area contributed by atoms with Crippen molar-refractivity contribution >= 4 is 27.5 Å². The highest BCUT2D eigenvalue weighted by molar-refractivity contribution is 9.10. The highest BCUT2D eigenvalue weighted by Crippen LogP contribution is 2.24. The van der Waals surface area contributed by atoms with E-state index in [-0.39, 0.29) is 16.9 Å². The molecule has 0 saturated carbocycles. The van der Waals surface area contributed by atoms with Crippen LogP contribution in [-0.2, 0) is 6.54 Å². The van der Waals surface area contributed by atoms with Crippen molar-refractivity contribution in [3.8, 4) is 0 Å². The third-order valence-corrected chi connectivity index (χ3v) is 4.15. The van der Waals surface area contributed by atoms with Crippen LogP contribution in [0.5, 0.6) is 0 Å². The van der Waals surface area contributed by atoms with Gasteiger partial charge >= 0.3 is 0 Å². The van der Waals surface area contributed by atoms with E-state index >= 15 is 0 Å². The molecule has 0 aliphatic rings. The molecule has 2 aromatic carbocycles. The van der Waals surface area contributed by atoms with Gasteiger partial charge in [-0.15, -0.1) is 0 Å². The van der Waals surface area contributed by atoms with E-state index in [1.54, 1.807) is 6.07 Å². The van der Waals surface area contributed by atoms with Gasteiger partial charge in [0.15, 0.2) is 0 Å². The molecular weight excluding hydrogens is 329 g/mol. The molecule has 0 aromatic heterocycles. The minimum Gasteiger partial charge on any atom is -0.306 e. The molecule has 19 heavy (non-hydrogen) atoms. The van der Waals surface area contributed by atoms with Crippen LogP contribution < -0.4 is 5.32 Å². The van der Waals surface area contributed by atoms with Crippen LogP contribution in [-0.4, -0.2) is 0 Å². The zero-order valence-electron chi connectivity index (χ0n) is 10.5. The second-order valence-electron chi connectivity index (χ2n) is 4.34. The molecule has 0 amide bonds. The molecule has 1 N–H and O–H groups in total. The predicted octanol–water partition coefficient (Wildman–Crippen LogP) is 5.09. The molecule has 100 valence electrons. The van der Waals surface area contributed by atoms with E-state index in [0.717, 1.165) is 15.6 Å². The van der Waals surface area contributed by atoms with Gasteiger partial charge in [-0.2, -0.15) is 0 Å². The molecule has 1 nitrogen and oxygen atoms in total. The minimum atomic E-state index is -0.380. The monoisotopic (exact) mass is 341 g/mol. The highest BCUT2D eigenvalue weighted by Gasteiger charge is 2.10. The molecule has 0 unspecified atom stereocenters. The molecule has 1 atom stereocenters. The molecule has 0 bridgehead atoms. The van der Waals surface area contributed by atoms with Gasteiger partial charge in [-0.05, 0) is 30.2 Å². The Morgan fingerprint density at radius 3 is 2.68 bits per heavy atom. The number of hydrogen-bond acceptors (Lipinski definition) is 1. The Morgan fingerprint density at radius 2 is 1.95 bits per heavy atom. The number of halogens is 3. The van der Waals surface area contributed by atoms with Crippen LogP contribution in [0, 0.1) is 5.82 Å². The van der Waals surface area contributed by atoms with Crippen LogP contribution in [0.1, 0.15) is 24.1 Å². The van der Waals surface area contributed by atoms with Gasteiger partial charge in [0.2, 0.25) is 0 Å². The maximum Gasteiger partial charge on any atom is 0.142 e. The summed E-state index contributed by atoms with van der Waals surface area (Å²) in [6, 6.07) is 13.0. The Balaban J connectivity index is 2.07. The van der Waals surface area contributed by atoms with Crippen LogP contribution in [0.25, 0.3) is 0 Å². The number of benzene rings is 2. The van der Waals surface area contributed by atoms with Crippen molar-refractivity contribution in [3.63, 3.8) is 0 Å². The largest absolute Gasteiger partial charge is 0.306 e. The molecule has 0 aliphatic heterocycles. The normalized spacial score (nSPS) is 12.4. The van der Waals surface area contributed by atoms with Crippen molar-refractivity contribution in [2.24, 2.45) is 0 Å². The van der Waals surface area contributed by atoms with Gasteiger partial charge in [-0.3, -0.25) is 0 Å². The van der Waals surface area contributed by atoms with Crippen LogP contribution in [0.2, 0.25) is 5.02 Å². The van der Waals surface area contributed by atoms with E-state index < -0.39 is 0 Å². The second kappa shape index (κ2) is 6.51. The first-order valence-electron chi connectivity index (χ1n) is 6.00. The first-order valence-corrected chi connectivity index (χ1v) is 7.17. The van der Waals surface area contributed by atoms with E-state index in [4.69, 9.17) is 11.6 Å². The number of nitrogens with one attached hydrogen (secondary N) is 1. The Hall–Kier alpha value is -0.900. The third-order valence-electron chi connectivity index (χ3n) is 3.00. The van der Waals surface area contributed by atoms with Gasteiger partial charge in [0.1, 0.15) is 5.82 Å². The van der Waals surface area contributed by atoms with Gasteiger partial charge in [-0.1, -0.05) is 57.9 Å². The van der Waals surface area contributed by atoms with Crippen LogP contribution in [0.3, 0.4) is 0 Å². The summed E-state index contributed by atoms with van der Waals surface area (Å²) in [5.41, 5.74) is 1.93. The van der Waals surface area contributed by atoms with E-state index in [1.807, 2.05) is 24.3 Å². The summed E-state index contributed by atoms with van der Waals surface area (Å²) in [4.78, 5) is 0. The summed E-state index contributed by atoms with van der Waals surface area (Å²) in [7, 11) is 0. The lowest BCUT2D eigenvalue weighted by Crippen LogP contribution is -2.18. The van der Waals surface area contributed by atoms with Crippen molar-refractivity contribution in [2.45, 2.75) is 19.5 Å². The smallest absolute Gasteiger partial charge is 0.142 e. The van der Waals surface area contributed by atoms with Gasteiger partial charge < -0.3 is 5.32 Å². The molecule has 0 radical (unpaired) electrons. The molecular formula is C15H14BrClFN. The van der Waals surface area contributed by atoms with Gasteiger partial charge in [0, 0.05) is 17.1 Å². The fourth-order valence-corrected chi connectivity index (χ4v) is 2.71. The summed E-state index contributed by atoms with van der Waals surface area (Å²) in [6.45, 7) is 2.59. The molecule has 0 saturated heterocycles. The zero-order valence-corrected chi connectivity index (χ0v) is 12.8. The lowest BCUT2D eigenvalue weighted by atomic mass is 10.1. The molecule has 0 aliphatic carbocycles. The molecule has 2 aromatic rings. The maximum atomic E-state index is 13.3. The lowest BCUT2D eigenvalue weighted by Gasteiger charge is -2.16. The van der Waals surface area contributed by atoms with Crippen molar-refractivity contribution < 1.29 is 4.39 Å². The predicted molar refractivity (Wildman–Crippen MR) is 80.8 cm³/mol. The summed E-state index contributed by atoms with van der Waals surface area (Å²) in [5, 5.41) is 3.53. The summed E-state index contributed by atoms with van der Waals surface area (Å²) in [6.07, 6.45) is 0. The average molecular weight is 343 g/mol. The standard InChI is InChI=1S/C15H14BrClFN/c1-10(12-6-2-3-7-13(12)16)19-9-11-5-4-8-14(18)15(11)17/h2-8,10,19H,9H2,1H3/t10-/m0/s1. The molecule has 0 heterocycles. The van der Waals surface area contributed by atoms with Crippen LogP contribution in [0.4, 0.5) is 4.39 Å². The van der Waals surface area contributed by atoms with E-state index in [1.165, 1.54) is 6.07 Å².